The quantitative estimate of drug-likeness (QED) is 0.325. The Bertz CT molecular complexity index is 392. The van der Waals surface area contributed by atoms with Crippen molar-refractivity contribution in [2.45, 2.75) is 90.9 Å². The lowest BCUT2D eigenvalue weighted by atomic mass is 9.90. The van der Waals surface area contributed by atoms with E-state index < -0.39 is 0 Å². The number of furan rings is 1. The van der Waals surface area contributed by atoms with Crippen LogP contribution in [0.2, 0.25) is 0 Å². The van der Waals surface area contributed by atoms with Crippen molar-refractivity contribution >= 4 is 5.78 Å². The van der Waals surface area contributed by atoms with Crippen LogP contribution < -0.4 is 0 Å². The van der Waals surface area contributed by atoms with E-state index >= 15 is 0 Å². The number of hydrogen-bond donors (Lipinski definition) is 0. The van der Waals surface area contributed by atoms with Gasteiger partial charge in [0.25, 0.3) is 0 Å². The standard InChI is InChI=1S/C19H32O2/c1-4-7-9-10-11-13-16(12-8-5-2)19-17(14-15-21-19)18(20)6-3/h14-16H,4-13H2,1-3H3. The number of rotatable bonds is 12. The molecule has 21 heavy (non-hydrogen) atoms. The van der Waals surface area contributed by atoms with Crippen LogP contribution in [0, 0.1) is 0 Å². The highest BCUT2D eigenvalue weighted by Gasteiger charge is 2.21. The molecular weight excluding hydrogens is 260 g/mol. The Morgan fingerprint density at radius 2 is 1.67 bits per heavy atom. The number of hydrogen-bond acceptors (Lipinski definition) is 2. The molecule has 0 saturated carbocycles. The maximum absolute atomic E-state index is 12.0. The highest BCUT2D eigenvalue weighted by Crippen LogP contribution is 2.32. The van der Waals surface area contributed by atoms with Crippen molar-refractivity contribution in [3.05, 3.63) is 23.7 Å². The van der Waals surface area contributed by atoms with Crippen LogP contribution >= 0.6 is 0 Å². The maximum atomic E-state index is 12.0. The van der Waals surface area contributed by atoms with E-state index in [4.69, 9.17) is 4.42 Å². The molecule has 1 heterocycles. The molecule has 1 aromatic heterocycles. The first-order valence-corrected chi connectivity index (χ1v) is 8.85. The summed E-state index contributed by atoms with van der Waals surface area (Å²) in [4.78, 5) is 12.0. The van der Waals surface area contributed by atoms with E-state index in [1.165, 1.54) is 44.9 Å². The van der Waals surface area contributed by atoms with Crippen molar-refractivity contribution in [3.63, 3.8) is 0 Å². The lowest BCUT2D eigenvalue weighted by Crippen LogP contribution is -2.05. The van der Waals surface area contributed by atoms with Crippen LogP contribution in [0.3, 0.4) is 0 Å². The van der Waals surface area contributed by atoms with E-state index in [0.717, 1.165) is 24.2 Å². The Kier molecular flexibility index (Phi) is 9.12. The van der Waals surface area contributed by atoms with Crippen molar-refractivity contribution < 1.29 is 9.21 Å². The van der Waals surface area contributed by atoms with Gasteiger partial charge in [0, 0.05) is 12.3 Å². The van der Waals surface area contributed by atoms with Gasteiger partial charge in [-0.15, -0.1) is 0 Å². The molecule has 0 saturated heterocycles. The third-order valence-electron chi connectivity index (χ3n) is 4.25. The molecule has 0 spiro atoms. The largest absolute Gasteiger partial charge is 0.468 e. The van der Waals surface area contributed by atoms with E-state index in [9.17, 15) is 4.79 Å². The molecule has 0 amide bonds. The van der Waals surface area contributed by atoms with Gasteiger partial charge in [-0.25, -0.2) is 0 Å². The molecule has 1 atom stereocenters. The molecule has 0 aliphatic carbocycles. The Morgan fingerprint density at radius 3 is 2.33 bits per heavy atom. The van der Waals surface area contributed by atoms with Gasteiger partial charge >= 0.3 is 0 Å². The molecule has 0 N–H and O–H groups in total. The second-order valence-corrected chi connectivity index (χ2v) is 6.02. The molecule has 0 aliphatic heterocycles. The van der Waals surface area contributed by atoms with E-state index in [2.05, 4.69) is 13.8 Å². The van der Waals surface area contributed by atoms with Gasteiger partial charge in [-0.1, -0.05) is 65.7 Å². The molecule has 120 valence electrons. The Hall–Kier alpha value is -1.05. The van der Waals surface area contributed by atoms with Crippen LogP contribution in [-0.4, -0.2) is 5.78 Å². The minimum Gasteiger partial charge on any atom is -0.468 e. The van der Waals surface area contributed by atoms with Gasteiger partial charge in [0.05, 0.1) is 11.8 Å². The number of carbonyl (C=O) groups is 1. The Morgan fingerprint density at radius 1 is 1.00 bits per heavy atom. The minimum absolute atomic E-state index is 0.214. The summed E-state index contributed by atoms with van der Waals surface area (Å²) in [6.45, 7) is 6.39. The molecule has 1 rings (SSSR count). The van der Waals surface area contributed by atoms with Crippen LogP contribution in [0.4, 0.5) is 0 Å². The molecule has 0 aromatic carbocycles. The predicted octanol–water partition coefficient (Wildman–Crippen LogP) is 6.51. The first-order valence-electron chi connectivity index (χ1n) is 8.85. The van der Waals surface area contributed by atoms with Crippen molar-refractivity contribution in [3.8, 4) is 0 Å². The SMILES string of the molecule is CCCCCCCC(CCCC)c1occc1C(=O)CC. The predicted molar refractivity (Wildman–Crippen MR) is 89.0 cm³/mol. The van der Waals surface area contributed by atoms with Gasteiger partial charge in [-0.2, -0.15) is 0 Å². The van der Waals surface area contributed by atoms with Gasteiger partial charge in [0.1, 0.15) is 5.76 Å². The van der Waals surface area contributed by atoms with Gasteiger partial charge < -0.3 is 4.42 Å². The fourth-order valence-electron chi connectivity index (χ4n) is 2.91. The molecule has 1 aromatic rings. The Labute approximate surface area is 130 Å². The molecule has 0 aliphatic rings. The lowest BCUT2D eigenvalue weighted by molar-refractivity contribution is 0.0985. The van der Waals surface area contributed by atoms with Crippen molar-refractivity contribution in [2.75, 3.05) is 0 Å². The molecule has 2 heteroatoms. The molecule has 2 nitrogen and oxygen atoms in total. The number of ketones is 1. The zero-order valence-electron chi connectivity index (χ0n) is 14.1. The van der Waals surface area contributed by atoms with Gasteiger partial charge in [-0.05, 0) is 18.9 Å². The Balaban J connectivity index is 2.64. The summed E-state index contributed by atoms with van der Waals surface area (Å²) in [5.74, 6) is 1.59. The second kappa shape index (κ2) is 10.6. The minimum atomic E-state index is 0.214. The highest BCUT2D eigenvalue weighted by molar-refractivity contribution is 5.96. The summed E-state index contributed by atoms with van der Waals surface area (Å²) in [5, 5.41) is 0. The fraction of sp³-hybridized carbons (Fsp3) is 0.737. The molecule has 0 fully saturated rings. The molecular formula is C19H32O2. The van der Waals surface area contributed by atoms with Crippen LogP contribution in [0.5, 0.6) is 0 Å². The average Bonchev–Trinajstić information content (AvgIpc) is 2.98. The van der Waals surface area contributed by atoms with E-state index in [1.54, 1.807) is 6.26 Å². The van der Waals surface area contributed by atoms with E-state index in [-0.39, 0.29) is 5.78 Å². The van der Waals surface area contributed by atoms with E-state index in [0.29, 0.717) is 12.3 Å². The number of carbonyl (C=O) groups excluding carboxylic acids is 1. The van der Waals surface area contributed by atoms with Crippen LogP contribution in [0.1, 0.15) is 107 Å². The smallest absolute Gasteiger partial charge is 0.166 e. The van der Waals surface area contributed by atoms with Gasteiger partial charge in [0.15, 0.2) is 5.78 Å². The van der Waals surface area contributed by atoms with Gasteiger partial charge in [0.2, 0.25) is 0 Å². The second-order valence-electron chi connectivity index (χ2n) is 6.02. The van der Waals surface area contributed by atoms with Gasteiger partial charge in [-0.3, -0.25) is 4.79 Å². The molecule has 0 radical (unpaired) electrons. The third kappa shape index (κ3) is 6.07. The first kappa shape index (κ1) is 18.0. The third-order valence-corrected chi connectivity index (χ3v) is 4.25. The number of Topliss-reactive ketones (excluding diaryl/α,β-unsaturated/α-hetero) is 1. The van der Waals surface area contributed by atoms with Crippen molar-refractivity contribution in [1.29, 1.82) is 0 Å². The summed E-state index contributed by atoms with van der Waals surface area (Å²) < 4.78 is 5.70. The fourth-order valence-corrected chi connectivity index (χ4v) is 2.91. The molecule has 0 bridgehead atoms. The average molecular weight is 292 g/mol. The monoisotopic (exact) mass is 292 g/mol. The highest BCUT2D eigenvalue weighted by atomic mass is 16.3. The molecule has 1 unspecified atom stereocenters. The van der Waals surface area contributed by atoms with Crippen molar-refractivity contribution in [2.24, 2.45) is 0 Å². The lowest BCUT2D eigenvalue weighted by Gasteiger charge is -2.16. The summed E-state index contributed by atoms with van der Waals surface area (Å²) >= 11 is 0. The van der Waals surface area contributed by atoms with Crippen LogP contribution in [-0.2, 0) is 0 Å². The maximum Gasteiger partial charge on any atom is 0.166 e. The van der Waals surface area contributed by atoms with Crippen molar-refractivity contribution in [1.82, 2.24) is 0 Å². The normalized spacial score (nSPS) is 12.5. The first-order chi connectivity index (χ1) is 10.2. The zero-order valence-corrected chi connectivity index (χ0v) is 14.1. The summed E-state index contributed by atoms with van der Waals surface area (Å²) in [6.07, 6.45) is 13.4. The summed E-state index contributed by atoms with van der Waals surface area (Å²) in [5.41, 5.74) is 0.826. The summed E-state index contributed by atoms with van der Waals surface area (Å²) in [6, 6.07) is 1.86. The van der Waals surface area contributed by atoms with Crippen LogP contribution in [0.25, 0.3) is 0 Å². The topological polar surface area (TPSA) is 30.2 Å². The van der Waals surface area contributed by atoms with E-state index in [1.807, 2.05) is 13.0 Å². The zero-order chi connectivity index (χ0) is 15.5. The van der Waals surface area contributed by atoms with Crippen LogP contribution in [0.15, 0.2) is 16.7 Å². The summed E-state index contributed by atoms with van der Waals surface area (Å²) in [7, 11) is 0. The number of unbranched alkanes of at least 4 members (excludes halogenated alkanes) is 5.